The molecule has 23 heavy (non-hydrogen) atoms. The molecule has 0 bridgehead atoms. The van der Waals surface area contributed by atoms with Crippen LogP contribution in [0.1, 0.15) is 37.7 Å². The number of carbonyl (C=O) groups is 1. The molecule has 2 fully saturated rings. The number of benzene rings is 1. The van der Waals surface area contributed by atoms with E-state index in [2.05, 4.69) is 15.9 Å². The maximum absolute atomic E-state index is 13.1. The van der Waals surface area contributed by atoms with Gasteiger partial charge in [-0.05, 0) is 49.5 Å². The van der Waals surface area contributed by atoms with Crippen LogP contribution in [-0.4, -0.2) is 48.1 Å². The summed E-state index contributed by atoms with van der Waals surface area (Å²) in [5.74, 6) is 1.02. The number of nitrogens with zero attached hydrogens (tertiary/aromatic N) is 2. The normalized spacial score (nSPS) is 28.0. The quantitative estimate of drug-likeness (QED) is 0.842. The Morgan fingerprint density at radius 1 is 1.00 bits per heavy atom. The number of amides is 1. The van der Waals surface area contributed by atoms with E-state index in [1.54, 1.807) is 7.11 Å². The molecule has 4 rings (SSSR count). The molecule has 4 nitrogen and oxygen atoms in total. The highest BCUT2D eigenvalue weighted by Gasteiger charge is 2.50. The Morgan fingerprint density at radius 3 is 2.57 bits per heavy atom. The van der Waals surface area contributed by atoms with E-state index in [1.807, 2.05) is 24.3 Å². The van der Waals surface area contributed by atoms with Gasteiger partial charge in [0.25, 0.3) is 5.91 Å². The summed E-state index contributed by atoms with van der Waals surface area (Å²) in [4.78, 5) is 17.7. The average molecular weight is 312 g/mol. The largest absolute Gasteiger partial charge is 0.497 e. The highest BCUT2D eigenvalue weighted by atomic mass is 16.5. The first-order valence-corrected chi connectivity index (χ1v) is 8.69. The summed E-state index contributed by atoms with van der Waals surface area (Å²) in [5, 5.41) is 0. The van der Waals surface area contributed by atoms with Crippen LogP contribution in [0.2, 0.25) is 0 Å². The summed E-state index contributed by atoms with van der Waals surface area (Å²) < 4.78 is 5.23. The van der Waals surface area contributed by atoms with Gasteiger partial charge < -0.3 is 9.64 Å². The van der Waals surface area contributed by atoms with E-state index >= 15 is 0 Å². The van der Waals surface area contributed by atoms with E-state index in [9.17, 15) is 4.79 Å². The van der Waals surface area contributed by atoms with Gasteiger partial charge in [-0.3, -0.25) is 9.69 Å². The smallest absolute Gasteiger partial charge is 0.256 e. The minimum Gasteiger partial charge on any atom is -0.497 e. The molecule has 1 spiro atoms. The average Bonchev–Trinajstić information content (AvgIpc) is 2.75. The SMILES string of the molecule is COc1ccc(C2=CC34CCCCCN3CCCN4C2=O)cc1. The first-order valence-electron chi connectivity index (χ1n) is 8.69. The topological polar surface area (TPSA) is 32.8 Å². The molecule has 0 N–H and O–H groups in total. The van der Waals surface area contributed by atoms with Crippen LogP contribution < -0.4 is 4.74 Å². The van der Waals surface area contributed by atoms with Crippen molar-refractivity contribution in [1.82, 2.24) is 9.80 Å². The minimum atomic E-state index is -0.166. The number of ether oxygens (including phenoxy) is 1. The lowest BCUT2D eigenvalue weighted by atomic mass is 9.97. The van der Waals surface area contributed by atoms with E-state index in [-0.39, 0.29) is 11.6 Å². The van der Waals surface area contributed by atoms with Crippen LogP contribution in [0.5, 0.6) is 5.75 Å². The first kappa shape index (κ1) is 14.8. The van der Waals surface area contributed by atoms with Gasteiger partial charge in [-0.2, -0.15) is 0 Å². The molecule has 3 aliphatic rings. The Hall–Kier alpha value is -1.81. The van der Waals surface area contributed by atoms with Gasteiger partial charge in [0.2, 0.25) is 0 Å². The van der Waals surface area contributed by atoms with Crippen LogP contribution >= 0.6 is 0 Å². The lowest BCUT2D eigenvalue weighted by molar-refractivity contribution is -0.138. The third-order valence-corrected chi connectivity index (χ3v) is 5.55. The summed E-state index contributed by atoms with van der Waals surface area (Å²) in [6.45, 7) is 3.10. The lowest BCUT2D eigenvalue weighted by Gasteiger charge is -2.49. The van der Waals surface area contributed by atoms with Crippen molar-refractivity contribution in [3.63, 3.8) is 0 Å². The molecule has 4 heteroatoms. The minimum absolute atomic E-state index is 0.166. The molecule has 1 aromatic carbocycles. The van der Waals surface area contributed by atoms with Crippen molar-refractivity contribution in [2.45, 2.75) is 37.8 Å². The van der Waals surface area contributed by atoms with Crippen molar-refractivity contribution in [2.75, 3.05) is 26.7 Å². The van der Waals surface area contributed by atoms with Crippen LogP contribution in [0.4, 0.5) is 0 Å². The van der Waals surface area contributed by atoms with Crippen molar-refractivity contribution >= 4 is 11.5 Å². The van der Waals surface area contributed by atoms with E-state index in [0.29, 0.717) is 0 Å². The molecule has 3 heterocycles. The third-order valence-electron chi connectivity index (χ3n) is 5.55. The first-order chi connectivity index (χ1) is 11.2. The summed E-state index contributed by atoms with van der Waals surface area (Å²) in [5.41, 5.74) is 1.70. The number of rotatable bonds is 2. The Balaban J connectivity index is 1.75. The molecular formula is C19H24N2O2. The number of methoxy groups -OCH3 is 1. The van der Waals surface area contributed by atoms with Crippen LogP contribution in [-0.2, 0) is 4.79 Å². The van der Waals surface area contributed by atoms with Crippen molar-refractivity contribution in [3.05, 3.63) is 35.9 Å². The molecule has 1 atom stereocenters. The molecule has 122 valence electrons. The van der Waals surface area contributed by atoms with E-state index in [0.717, 1.165) is 49.4 Å². The number of carbonyl (C=O) groups excluding carboxylic acids is 1. The molecule has 0 radical (unpaired) electrons. The molecule has 1 aromatic rings. The van der Waals surface area contributed by atoms with Gasteiger partial charge in [-0.1, -0.05) is 18.6 Å². The van der Waals surface area contributed by atoms with Crippen LogP contribution in [0.15, 0.2) is 30.3 Å². The summed E-state index contributed by atoms with van der Waals surface area (Å²) in [7, 11) is 1.66. The fourth-order valence-corrected chi connectivity index (χ4v) is 4.38. The van der Waals surface area contributed by atoms with E-state index in [1.165, 1.54) is 19.3 Å². The van der Waals surface area contributed by atoms with Gasteiger partial charge in [-0.25, -0.2) is 0 Å². The second kappa shape index (κ2) is 5.68. The molecule has 0 saturated carbocycles. The fourth-order valence-electron chi connectivity index (χ4n) is 4.38. The molecule has 0 aromatic heterocycles. The summed E-state index contributed by atoms with van der Waals surface area (Å²) in [6.07, 6.45) is 8.12. The summed E-state index contributed by atoms with van der Waals surface area (Å²) in [6, 6.07) is 7.87. The molecule has 0 aliphatic carbocycles. The zero-order valence-electron chi connectivity index (χ0n) is 13.8. The fraction of sp³-hybridized carbons (Fsp3) is 0.526. The molecular weight excluding hydrogens is 288 g/mol. The second-order valence-corrected chi connectivity index (χ2v) is 6.77. The van der Waals surface area contributed by atoms with Crippen molar-refractivity contribution in [2.24, 2.45) is 0 Å². The van der Waals surface area contributed by atoms with E-state index < -0.39 is 0 Å². The Kier molecular flexibility index (Phi) is 3.64. The molecule has 1 amide bonds. The van der Waals surface area contributed by atoms with Crippen LogP contribution in [0.25, 0.3) is 5.57 Å². The molecule has 3 aliphatic heterocycles. The Labute approximate surface area is 137 Å². The monoisotopic (exact) mass is 312 g/mol. The van der Waals surface area contributed by atoms with Crippen molar-refractivity contribution < 1.29 is 9.53 Å². The summed E-state index contributed by atoms with van der Waals surface area (Å²) >= 11 is 0. The number of hydrogen-bond acceptors (Lipinski definition) is 3. The lowest BCUT2D eigenvalue weighted by Crippen LogP contribution is -2.62. The van der Waals surface area contributed by atoms with Gasteiger partial charge >= 0.3 is 0 Å². The van der Waals surface area contributed by atoms with Crippen LogP contribution in [0, 0.1) is 0 Å². The molecule has 2 saturated heterocycles. The van der Waals surface area contributed by atoms with Gasteiger partial charge in [0.1, 0.15) is 11.4 Å². The zero-order valence-corrected chi connectivity index (χ0v) is 13.8. The number of hydrogen-bond donors (Lipinski definition) is 0. The third kappa shape index (κ3) is 2.27. The Morgan fingerprint density at radius 2 is 1.78 bits per heavy atom. The standard InChI is InChI=1S/C19H24N2O2/c1-23-16-8-6-15(7-9-16)17-14-19-10-3-2-4-11-20(19)12-5-13-21(19)18(17)22/h6-9,14H,2-5,10-13H2,1H3. The van der Waals surface area contributed by atoms with Crippen LogP contribution in [0.3, 0.4) is 0 Å². The maximum Gasteiger partial charge on any atom is 0.256 e. The predicted octanol–water partition coefficient (Wildman–Crippen LogP) is 2.90. The predicted molar refractivity (Wildman–Crippen MR) is 90.1 cm³/mol. The highest BCUT2D eigenvalue weighted by molar-refractivity contribution is 6.22. The van der Waals surface area contributed by atoms with Gasteiger partial charge in [-0.15, -0.1) is 0 Å². The molecule has 1 unspecified atom stereocenters. The van der Waals surface area contributed by atoms with Crippen molar-refractivity contribution in [3.8, 4) is 5.75 Å². The highest BCUT2D eigenvalue weighted by Crippen LogP contribution is 2.43. The van der Waals surface area contributed by atoms with E-state index in [4.69, 9.17) is 4.74 Å². The maximum atomic E-state index is 13.1. The van der Waals surface area contributed by atoms with Gasteiger partial charge in [0.15, 0.2) is 0 Å². The Bertz CT molecular complexity index is 637. The van der Waals surface area contributed by atoms with Crippen molar-refractivity contribution in [1.29, 1.82) is 0 Å². The zero-order chi connectivity index (χ0) is 15.9. The van der Waals surface area contributed by atoms with Gasteiger partial charge in [0.05, 0.1) is 7.11 Å². The second-order valence-electron chi connectivity index (χ2n) is 6.77. The van der Waals surface area contributed by atoms with Gasteiger partial charge in [0, 0.05) is 25.2 Å².